The van der Waals surface area contributed by atoms with Crippen molar-refractivity contribution in [2.75, 3.05) is 17.6 Å². The molecule has 0 radical (unpaired) electrons. The van der Waals surface area contributed by atoms with Gasteiger partial charge in [-0.15, -0.1) is 11.8 Å². The van der Waals surface area contributed by atoms with Crippen LogP contribution in [0.1, 0.15) is 52.8 Å². The molecule has 0 saturated carbocycles. The molecule has 4 N–H and O–H groups in total. The van der Waals surface area contributed by atoms with Crippen molar-refractivity contribution in [3.05, 3.63) is 89.1 Å². The van der Waals surface area contributed by atoms with Gasteiger partial charge in [-0.25, -0.2) is 14.6 Å². The summed E-state index contributed by atoms with van der Waals surface area (Å²) in [6.45, 7) is 2.34. The first-order valence-corrected chi connectivity index (χ1v) is 12.9. The standard InChI is InChI=1S/C27H29N3O6S/c1-2-28-27(34)30-20-11-9-19(10-12-20)26-35-21(16-37-24-22(25(32)33)4-3-13-29-24)14-23(36-26)18-7-5-17(15-31)6-8-18/h3-13,21,23,26,31H,2,14-16H2,1H3,(H,32,33)(H2,28,30,34)/t21-,23+,26+/m0/s1. The lowest BCUT2D eigenvalue weighted by atomic mass is 10.0. The number of carbonyl (C=O) groups excluding carboxylic acids is 1. The SMILES string of the molecule is CCNC(=O)Nc1ccc([C@@H]2O[C@H](CSc3ncccc3C(=O)O)C[C@H](c3ccc(CO)cc3)O2)cc1. The number of hydrogen-bond acceptors (Lipinski definition) is 7. The first-order valence-electron chi connectivity index (χ1n) is 11.9. The predicted octanol–water partition coefficient (Wildman–Crippen LogP) is 4.75. The van der Waals surface area contributed by atoms with Crippen molar-refractivity contribution in [1.82, 2.24) is 10.3 Å². The summed E-state index contributed by atoms with van der Waals surface area (Å²) < 4.78 is 12.6. The van der Waals surface area contributed by atoms with Crippen molar-refractivity contribution < 1.29 is 29.3 Å². The van der Waals surface area contributed by atoms with E-state index in [0.29, 0.717) is 29.4 Å². The Morgan fingerprint density at radius 2 is 1.78 bits per heavy atom. The van der Waals surface area contributed by atoms with E-state index < -0.39 is 12.3 Å². The van der Waals surface area contributed by atoms with Gasteiger partial charge in [-0.3, -0.25) is 0 Å². The van der Waals surface area contributed by atoms with Gasteiger partial charge in [-0.1, -0.05) is 36.4 Å². The van der Waals surface area contributed by atoms with E-state index in [-0.39, 0.29) is 30.4 Å². The van der Waals surface area contributed by atoms with Gasteiger partial charge >= 0.3 is 12.0 Å². The zero-order chi connectivity index (χ0) is 26.2. The quantitative estimate of drug-likeness (QED) is 0.296. The number of anilines is 1. The van der Waals surface area contributed by atoms with Crippen LogP contribution in [0.15, 0.2) is 71.9 Å². The third-order valence-corrected chi connectivity index (χ3v) is 6.94. The van der Waals surface area contributed by atoms with E-state index >= 15 is 0 Å². The molecule has 1 aliphatic heterocycles. The second kappa shape index (κ2) is 12.7. The topological polar surface area (TPSA) is 130 Å². The van der Waals surface area contributed by atoms with Gasteiger partial charge in [0.15, 0.2) is 6.29 Å². The molecule has 9 nitrogen and oxygen atoms in total. The Hall–Kier alpha value is -3.44. The van der Waals surface area contributed by atoms with Crippen LogP contribution in [0.25, 0.3) is 0 Å². The van der Waals surface area contributed by atoms with E-state index in [1.54, 1.807) is 24.4 Å². The summed E-state index contributed by atoms with van der Waals surface area (Å²) in [5, 5.41) is 24.8. The van der Waals surface area contributed by atoms with E-state index in [9.17, 15) is 19.8 Å². The molecule has 10 heteroatoms. The van der Waals surface area contributed by atoms with Crippen LogP contribution >= 0.6 is 11.8 Å². The number of nitrogens with zero attached hydrogens (tertiary/aromatic N) is 1. The minimum Gasteiger partial charge on any atom is -0.478 e. The summed E-state index contributed by atoms with van der Waals surface area (Å²) in [7, 11) is 0. The first-order chi connectivity index (χ1) is 18.0. The molecule has 0 unspecified atom stereocenters. The normalized spacial score (nSPS) is 19.2. The number of urea groups is 1. The highest BCUT2D eigenvalue weighted by molar-refractivity contribution is 7.99. The predicted molar refractivity (Wildman–Crippen MR) is 139 cm³/mol. The number of benzene rings is 2. The Morgan fingerprint density at radius 3 is 2.46 bits per heavy atom. The molecular weight excluding hydrogens is 494 g/mol. The van der Waals surface area contributed by atoms with E-state index in [4.69, 9.17) is 9.47 Å². The molecule has 3 aromatic rings. The van der Waals surface area contributed by atoms with Crippen molar-refractivity contribution in [2.45, 2.75) is 43.5 Å². The van der Waals surface area contributed by atoms with Gasteiger partial charge in [-0.2, -0.15) is 0 Å². The third kappa shape index (κ3) is 7.07. The number of pyridine rings is 1. The summed E-state index contributed by atoms with van der Waals surface area (Å²) in [4.78, 5) is 27.6. The Morgan fingerprint density at radius 1 is 1.05 bits per heavy atom. The largest absolute Gasteiger partial charge is 0.478 e. The maximum Gasteiger partial charge on any atom is 0.338 e. The smallest absolute Gasteiger partial charge is 0.338 e. The van der Waals surface area contributed by atoms with Crippen LogP contribution in [0.4, 0.5) is 10.5 Å². The number of carboxylic acids is 1. The molecule has 0 bridgehead atoms. The number of nitrogens with one attached hydrogen (secondary N) is 2. The van der Waals surface area contributed by atoms with Crippen LogP contribution in [0.5, 0.6) is 0 Å². The molecular formula is C27H29N3O6S. The van der Waals surface area contributed by atoms with Gasteiger partial charge in [0.2, 0.25) is 0 Å². The zero-order valence-electron chi connectivity index (χ0n) is 20.3. The number of aromatic nitrogens is 1. The van der Waals surface area contributed by atoms with Gasteiger partial charge in [0, 0.05) is 36.2 Å². The van der Waals surface area contributed by atoms with Crippen LogP contribution in [0.3, 0.4) is 0 Å². The zero-order valence-corrected chi connectivity index (χ0v) is 21.1. The number of aromatic carboxylic acids is 1. The number of amides is 2. The lowest BCUT2D eigenvalue weighted by Crippen LogP contribution is -2.31. The van der Waals surface area contributed by atoms with Gasteiger partial charge in [0.1, 0.15) is 5.03 Å². The lowest BCUT2D eigenvalue weighted by molar-refractivity contribution is -0.245. The lowest BCUT2D eigenvalue weighted by Gasteiger charge is -2.36. The second-order valence-corrected chi connectivity index (χ2v) is 9.44. The highest BCUT2D eigenvalue weighted by Crippen LogP contribution is 2.39. The minimum absolute atomic E-state index is 0.0382. The molecule has 1 saturated heterocycles. The number of aliphatic hydroxyl groups is 1. The van der Waals surface area contributed by atoms with Crippen LogP contribution < -0.4 is 10.6 Å². The monoisotopic (exact) mass is 523 g/mol. The van der Waals surface area contributed by atoms with Gasteiger partial charge in [0.05, 0.1) is 24.4 Å². The molecule has 0 spiro atoms. The summed E-state index contributed by atoms with van der Waals surface area (Å²) >= 11 is 1.34. The average molecular weight is 524 g/mol. The van der Waals surface area contributed by atoms with Crippen LogP contribution in [-0.2, 0) is 16.1 Å². The molecule has 37 heavy (non-hydrogen) atoms. The Bertz CT molecular complexity index is 1210. The number of ether oxygens (including phenoxy) is 2. The maximum absolute atomic E-state index is 11.8. The van der Waals surface area contributed by atoms with E-state index in [2.05, 4.69) is 15.6 Å². The number of hydrogen-bond donors (Lipinski definition) is 4. The fourth-order valence-corrected chi connectivity index (χ4v) is 4.93. The number of thioether (sulfide) groups is 1. The summed E-state index contributed by atoms with van der Waals surface area (Å²) in [6.07, 6.45) is 0.956. The van der Waals surface area contributed by atoms with Crippen molar-refractivity contribution in [1.29, 1.82) is 0 Å². The molecule has 2 amide bonds. The maximum atomic E-state index is 11.8. The van der Waals surface area contributed by atoms with Gasteiger partial charge in [0.25, 0.3) is 0 Å². The Kier molecular flexibility index (Phi) is 9.13. The third-order valence-electron chi connectivity index (χ3n) is 5.80. The summed E-state index contributed by atoms with van der Waals surface area (Å²) in [6, 6.07) is 17.7. The van der Waals surface area contributed by atoms with Crippen molar-refractivity contribution >= 4 is 29.4 Å². The molecule has 1 aliphatic rings. The van der Waals surface area contributed by atoms with Gasteiger partial charge < -0.3 is 30.3 Å². The molecule has 0 aliphatic carbocycles. The van der Waals surface area contributed by atoms with Crippen LogP contribution in [0.2, 0.25) is 0 Å². The highest BCUT2D eigenvalue weighted by atomic mass is 32.2. The number of aliphatic hydroxyl groups excluding tert-OH is 1. The van der Waals surface area contributed by atoms with E-state index in [1.807, 2.05) is 43.3 Å². The van der Waals surface area contributed by atoms with E-state index in [0.717, 1.165) is 16.7 Å². The molecule has 1 aromatic heterocycles. The fourth-order valence-electron chi connectivity index (χ4n) is 3.92. The van der Waals surface area contributed by atoms with Gasteiger partial charge in [-0.05, 0) is 42.3 Å². The number of carboxylic acid groups (broad SMARTS) is 1. The Balaban J connectivity index is 1.52. The molecule has 194 valence electrons. The second-order valence-electron chi connectivity index (χ2n) is 8.43. The molecule has 2 aromatic carbocycles. The Labute approximate surface area is 219 Å². The van der Waals surface area contributed by atoms with Crippen molar-refractivity contribution in [2.24, 2.45) is 0 Å². The molecule has 4 rings (SSSR count). The molecule has 3 atom stereocenters. The fraction of sp³-hybridized carbons (Fsp3) is 0.296. The van der Waals surface area contributed by atoms with Crippen LogP contribution in [0, 0.1) is 0 Å². The average Bonchev–Trinajstić information content (AvgIpc) is 2.92. The van der Waals surface area contributed by atoms with Crippen molar-refractivity contribution in [3.63, 3.8) is 0 Å². The van der Waals surface area contributed by atoms with Crippen molar-refractivity contribution in [3.8, 4) is 0 Å². The van der Waals surface area contributed by atoms with E-state index in [1.165, 1.54) is 17.8 Å². The molecule has 1 fully saturated rings. The van der Waals surface area contributed by atoms with Crippen LogP contribution in [-0.4, -0.2) is 45.6 Å². The number of rotatable bonds is 9. The molecule has 2 heterocycles. The highest BCUT2D eigenvalue weighted by Gasteiger charge is 2.32. The summed E-state index contributed by atoms with van der Waals surface area (Å²) in [5.41, 5.74) is 3.36. The summed E-state index contributed by atoms with van der Waals surface area (Å²) in [5.74, 6) is -0.538. The first kappa shape index (κ1) is 26.6. The number of carbonyl (C=O) groups is 2. The minimum atomic E-state index is -1.02.